The van der Waals surface area contributed by atoms with Gasteiger partial charge in [-0.15, -0.1) is 11.8 Å². The number of nitrogens with one attached hydrogen (secondary N) is 1. The summed E-state index contributed by atoms with van der Waals surface area (Å²) in [5.74, 6) is -0.552. The van der Waals surface area contributed by atoms with Gasteiger partial charge in [-0.1, -0.05) is 42.5 Å². The maximum absolute atomic E-state index is 14.0. The first kappa shape index (κ1) is 17.0. The molecule has 1 atom stereocenters. The fraction of sp³-hybridized carbons (Fsp3) is 0.316. The molecule has 1 aliphatic rings. The maximum Gasteiger partial charge on any atom is 0.238 e. The van der Waals surface area contributed by atoms with E-state index in [4.69, 9.17) is 0 Å². The van der Waals surface area contributed by atoms with Crippen molar-refractivity contribution < 1.29 is 14.3 Å². The number of halogens is 1. The zero-order valence-electron chi connectivity index (χ0n) is 13.2. The Morgan fingerprint density at radius 2 is 1.83 bits per heavy atom. The summed E-state index contributed by atoms with van der Waals surface area (Å²) in [5, 5.41) is 12.4. The highest BCUT2D eigenvalue weighted by atomic mass is 32.2. The topological polar surface area (TPSA) is 49.3 Å². The van der Waals surface area contributed by atoms with E-state index in [-0.39, 0.29) is 18.3 Å². The van der Waals surface area contributed by atoms with Gasteiger partial charge in [0.15, 0.2) is 0 Å². The largest absolute Gasteiger partial charge is 0.388 e. The zero-order chi connectivity index (χ0) is 17.0. The lowest BCUT2D eigenvalue weighted by Gasteiger charge is -2.36. The van der Waals surface area contributed by atoms with Gasteiger partial charge >= 0.3 is 0 Å². The minimum Gasteiger partial charge on any atom is -0.388 e. The van der Waals surface area contributed by atoms with Crippen LogP contribution in [0.25, 0.3) is 0 Å². The number of hydrogen-bond donors (Lipinski definition) is 2. The van der Waals surface area contributed by atoms with E-state index in [1.807, 2.05) is 30.3 Å². The van der Waals surface area contributed by atoms with Crippen LogP contribution in [0, 0.1) is 5.82 Å². The predicted octanol–water partition coefficient (Wildman–Crippen LogP) is 3.69. The molecule has 1 aliphatic carbocycles. The number of aliphatic hydroxyl groups is 1. The summed E-state index contributed by atoms with van der Waals surface area (Å²) in [5.41, 5.74) is 0.0309. The molecular formula is C19H20FNO2S. The third-order valence-electron chi connectivity index (χ3n) is 4.30. The molecule has 2 aromatic rings. The van der Waals surface area contributed by atoms with Gasteiger partial charge in [0.05, 0.1) is 5.60 Å². The second-order valence-electron chi connectivity index (χ2n) is 6.13. The number of thioether (sulfide) groups is 1. The van der Waals surface area contributed by atoms with Crippen molar-refractivity contribution in [2.45, 2.75) is 35.0 Å². The van der Waals surface area contributed by atoms with Crippen LogP contribution in [-0.4, -0.2) is 23.2 Å². The van der Waals surface area contributed by atoms with Crippen molar-refractivity contribution in [1.29, 1.82) is 0 Å². The van der Waals surface area contributed by atoms with E-state index in [1.165, 1.54) is 17.8 Å². The molecule has 0 bridgehead atoms. The van der Waals surface area contributed by atoms with Crippen molar-refractivity contribution in [3.63, 3.8) is 0 Å². The summed E-state index contributed by atoms with van der Waals surface area (Å²) in [7, 11) is 0. The van der Waals surface area contributed by atoms with E-state index < -0.39 is 10.9 Å². The van der Waals surface area contributed by atoms with Crippen LogP contribution < -0.4 is 5.32 Å². The molecule has 0 aromatic heterocycles. The Labute approximate surface area is 145 Å². The standard InChI is InChI=1S/C19H20FNO2S/c20-15-9-4-5-10-16(15)24-17(14-7-2-1-3-8-14)18(22)21-13-19(23)11-6-12-19/h1-5,7-10,17,23H,6,11-13H2,(H,21,22). The lowest BCUT2D eigenvalue weighted by molar-refractivity contribution is -0.123. The van der Waals surface area contributed by atoms with Crippen LogP contribution in [0.1, 0.15) is 30.1 Å². The molecule has 0 aliphatic heterocycles. The molecule has 5 heteroatoms. The van der Waals surface area contributed by atoms with Crippen LogP contribution in [0.5, 0.6) is 0 Å². The Morgan fingerprint density at radius 1 is 1.17 bits per heavy atom. The monoisotopic (exact) mass is 345 g/mol. The second kappa shape index (κ2) is 7.36. The van der Waals surface area contributed by atoms with Crippen molar-refractivity contribution >= 4 is 17.7 Å². The molecule has 3 nitrogen and oxygen atoms in total. The molecule has 1 saturated carbocycles. The minimum absolute atomic E-state index is 0.213. The van der Waals surface area contributed by atoms with Gasteiger partial charge in [-0.2, -0.15) is 0 Å². The SMILES string of the molecule is O=C(NCC1(O)CCC1)C(Sc1ccccc1F)c1ccccc1. The maximum atomic E-state index is 14.0. The Kier molecular flexibility index (Phi) is 5.21. The fourth-order valence-electron chi connectivity index (χ4n) is 2.67. The van der Waals surface area contributed by atoms with Gasteiger partial charge in [0.2, 0.25) is 5.91 Å². The highest BCUT2D eigenvalue weighted by Gasteiger charge is 2.35. The Bertz CT molecular complexity index is 704. The summed E-state index contributed by atoms with van der Waals surface area (Å²) in [4.78, 5) is 13.1. The Hall–Kier alpha value is -1.85. The van der Waals surface area contributed by atoms with Crippen LogP contribution in [0.2, 0.25) is 0 Å². The van der Waals surface area contributed by atoms with Crippen LogP contribution >= 0.6 is 11.8 Å². The van der Waals surface area contributed by atoms with E-state index in [1.54, 1.807) is 18.2 Å². The van der Waals surface area contributed by atoms with E-state index in [0.29, 0.717) is 17.7 Å². The highest BCUT2D eigenvalue weighted by molar-refractivity contribution is 8.00. The van der Waals surface area contributed by atoms with Crippen molar-refractivity contribution in [3.8, 4) is 0 Å². The lowest BCUT2D eigenvalue weighted by atomic mass is 9.80. The number of amides is 1. The normalized spacial score (nSPS) is 16.9. The average Bonchev–Trinajstić information content (AvgIpc) is 2.58. The van der Waals surface area contributed by atoms with Gasteiger partial charge in [0.1, 0.15) is 11.1 Å². The molecule has 126 valence electrons. The number of benzene rings is 2. The Morgan fingerprint density at radius 3 is 2.46 bits per heavy atom. The second-order valence-corrected chi connectivity index (χ2v) is 7.28. The summed E-state index contributed by atoms with van der Waals surface area (Å²) in [6, 6.07) is 15.7. The van der Waals surface area contributed by atoms with E-state index in [0.717, 1.165) is 12.0 Å². The third kappa shape index (κ3) is 3.97. The lowest BCUT2D eigenvalue weighted by Crippen LogP contribution is -2.48. The molecule has 2 aromatic carbocycles. The summed E-state index contributed by atoms with van der Waals surface area (Å²) >= 11 is 1.18. The third-order valence-corrected chi connectivity index (χ3v) is 5.60. The van der Waals surface area contributed by atoms with Crippen molar-refractivity contribution in [2.24, 2.45) is 0 Å². The van der Waals surface area contributed by atoms with E-state index in [9.17, 15) is 14.3 Å². The molecule has 3 rings (SSSR count). The molecule has 24 heavy (non-hydrogen) atoms. The number of hydrogen-bond acceptors (Lipinski definition) is 3. The van der Waals surface area contributed by atoms with E-state index >= 15 is 0 Å². The average molecular weight is 345 g/mol. The highest BCUT2D eigenvalue weighted by Crippen LogP contribution is 2.37. The fourth-order valence-corrected chi connectivity index (χ4v) is 3.75. The van der Waals surface area contributed by atoms with Crippen LogP contribution in [0.4, 0.5) is 4.39 Å². The molecule has 1 unspecified atom stereocenters. The number of rotatable bonds is 6. The first-order chi connectivity index (χ1) is 11.6. The van der Waals surface area contributed by atoms with Gasteiger partial charge in [-0.3, -0.25) is 4.79 Å². The smallest absolute Gasteiger partial charge is 0.238 e. The predicted molar refractivity (Wildman–Crippen MR) is 93.3 cm³/mol. The van der Waals surface area contributed by atoms with Gasteiger partial charge in [-0.25, -0.2) is 4.39 Å². The van der Waals surface area contributed by atoms with Crippen LogP contribution in [-0.2, 0) is 4.79 Å². The van der Waals surface area contributed by atoms with Crippen LogP contribution in [0.15, 0.2) is 59.5 Å². The molecule has 1 fully saturated rings. The Balaban J connectivity index is 1.77. The summed E-state index contributed by atoms with van der Waals surface area (Å²) in [6.45, 7) is 0.243. The quantitative estimate of drug-likeness (QED) is 0.785. The first-order valence-corrected chi connectivity index (χ1v) is 8.92. The molecule has 0 heterocycles. The van der Waals surface area contributed by atoms with Crippen molar-refractivity contribution in [1.82, 2.24) is 5.32 Å². The van der Waals surface area contributed by atoms with Gasteiger partial charge in [0, 0.05) is 11.4 Å². The van der Waals surface area contributed by atoms with Gasteiger partial charge < -0.3 is 10.4 Å². The molecule has 1 amide bonds. The first-order valence-electron chi connectivity index (χ1n) is 8.04. The number of carbonyl (C=O) groups excluding carboxylic acids is 1. The summed E-state index contributed by atoms with van der Waals surface area (Å²) < 4.78 is 14.0. The zero-order valence-corrected chi connectivity index (χ0v) is 14.1. The summed E-state index contributed by atoms with van der Waals surface area (Å²) in [6.07, 6.45) is 2.41. The molecule has 0 radical (unpaired) electrons. The van der Waals surface area contributed by atoms with E-state index in [2.05, 4.69) is 5.32 Å². The molecule has 0 saturated heterocycles. The van der Waals surface area contributed by atoms with Crippen molar-refractivity contribution in [3.05, 3.63) is 66.0 Å². The van der Waals surface area contributed by atoms with Crippen LogP contribution in [0.3, 0.4) is 0 Å². The molecule has 2 N–H and O–H groups in total. The van der Waals surface area contributed by atoms with Gasteiger partial charge in [0.25, 0.3) is 0 Å². The minimum atomic E-state index is -0.778. The van der Waals surface area contributed by atoms with Crippen molar-refractivity contribution in [2.75, 3.05) is 6.54 Å². The number of carbonyl (C=O) groups is 1. The molecule has 0 spiro atoms. The molecular weight excluding hydrogens is 325 g/mol. The van der Waals surface area contributed by atoms with Gasteiger partial charge in [-0.05, 0) is 37.0 Å².